The van der Waals surface area contributed by atoms with Crippen LogP contribution in [0.3, 0.4) is 0 Å². The van der Waals surface area contributed by atoms with Gasteiger partial charge in [-0.05, 0) is 24.5 Å². The molecule has 2 rings (SSSR count). The van der Waals surface area contributed by atoms with Crippen molar-refractivity contribution in [3.8, 4) is 0 Å². The Labute approximate surface area is 120 Å². The molecule has 0 saturated heterocycles. The van der Waals surface area contributed by atoms with Crippen molar-refractivity contribution in [2.75, 3.05) is 0 Å². The fraction of sp³-hybridized carbons (Fsp3) is 0.529. The van der Waals surface area contributed by atoms with E-state index in [0.717, 1.165) is 31.2 Å². The molecule has 1 aliphatic rings. The van der Waals surface area contributed by atoms with Gasteiger partial charge in [0, 0.05) is 12.0 Å². The minimum absolute atomic E-state index is 0.240. The molecule has 20 heavy (non-hydrogen) atoms. The molecule has 1 aliphatic carbocycles. The normalized spacial score (nSPS) is 19.4. The van der Waals surface area contributed by atoms with Crippen LogP contribution in [0.25, 0.3) is 6.08 Å². The van der Waals surface area contributed by atoms with E-state index in [2.05, 4.69) is 0 Å². The van der Waals surface area contributed by atoms with Crippen molar-refractivity contribution in [1.82, 2.24) is 0 Å². The molecular formula is C17H24O3. The highest BCUT2D eigenvalue weighted by atomic mass is 16.5. The van der Waals surface area contributed by atoms with Gasteiger partial charge in [0.15, 0.2) is 5.79 Å². The van der Waals surface area contributed by atoms with Gasteiger partial charge < -0.3 is 15.3 Å². The average Bonchev–Trinajstić information content (AvgIpc) is 2.46. The topological polar surface area (TPSA) is 60.7 Å². The SMILES string of the molecule is CCC(O)(O)c1cccc(/C=C/C2(O)CCCCC2)c1. The van der Waals surface area contributed by atoms with Gasteiger partial charge in [0.2, 0.25) is 0 Å². The Hall–Kier alpha value is -1.16. The molecule has 110 valence electrons. The monoisotopic (exact) mass is 276 g/mol. The summed E-state index contributed by atoms with van der Waals surface area (Å²) in [5.41, 5.74) is 0.661. The summed E-state index contributed by atoms with van der Waals surface area (Å²) in [6.45, 7) is 1.73. The highest BCUT2D eigenvalue weighted by Gasteiger charge is 2.26. The summed E-state index contributed by atoms with van der Waals surface area (Å²) < 4.78 is 0. The summed E-state index contributed by atoms with van der Waals surface area (Å²) in [5.74, 6) is -1.79. The summed E-state index contributed by atoms with van der Waals surface area (Å²) in [6, 6.07) is 7.16. The predicted molar refractivity (Wildman–Crippen MR) is 79.9 cm³/mol. The van der Waals surface area contributed by atoms with Crippen LogP contribution >= 0.6 is 0 Å². The lowest BCUT2D eigenvalue weighted by molar-refractivity contribution is -0.171. The van der Waals surface area contributed by atoms with Crippen LogP contribution in [0.5, 0.6) is 0 Å². The van der Waals surface area contributed by atoms with Gasteiger partial charge in [-0.25, -0.2) is 0 Å². The number of hydrogen-bond acceptors (Lipinski definition) is 3. The molecule has 0 atom stereocenters. The fourth-order valence-electron chi connectivity index (χ4n) is 2.68. The third kappa shape index (κ3) is 3.69. The fourth-order valence-corrected chi connectivity index (χ4v) is 2.68. The zero-order valence-electron chi connectivity index (χ0n) is 12.0. The summed E-state index contributed by atoms with van der Waals surface area (Å²) in [4.78, 5) is 0. The van der Waals surface area contributed by atoms with Gasteiger partial charge in [0.1, 0.15) is 0 Å². The molecule has 0 bridgehead atoms. The van der Waals surface area contributed by atoms with Crippen molar-refractivity contribution in [1.29, 1.82) is 0 Å². The first-order valence-electron chi connectivity index (χ1n) is 7.42. The van der Waals surface area contributed by atoms with E-state index in [4.69, 9.17) is 0 Å². The van der Waals surface area contributed by atoms with Crippen LogP contribution in [0.2, 0.25) is 0 Å². The Morgan fingerprint density at radius 1 is 1.20 bits per heavy atom. The molecule has 0 spiro atoms. The zero-order chi connectivity index (χ0) is 14.6. The van der Waals surface area contributed by atoms with Gasteiger partial charge >= 0.3 is 0 Å². The molecular weight excluding hydrogens is 252 g/mol. The van der Waals surface area contributed by atoms with Gasteiger partial charge in [-0.2, -0.15) is 0 Å². The van der Waals surface area contributed by atoms with Crippen LogP contribution < -0.4 is 0 Å². The van der Waals surface area contributed by atoms with Crippen molar-refractivity contribution < 1.29 is 15.3 Å². The van der Waals surface area contributed by atoms with Crippen LogP contribution in [0.4, 0.5) is 0 Å². The zero-order valence-corrected chi connectivity index (χ0v) is 12.0. The quantitative estimate of drug-likeness (QED) is 0.741. The molecule has 3 heteroatoms. The minimum Gasteiger partial charge on any atom is -0.386 e. The Balaban J connectivity index is 2.15. The molecule has 3 N–H and O–H groups in total. The van der Waals surface area contributed by atoms with E-state index in [1.807, 2.05) is 18.2 Å². The van der Waals surface area contributed by atoms with Crippen LogP contribution in [-0.2, 0) is 5.79 Å². The van der Waals surface area contributed by atoms with E-state index < -0.39 is 11.4 Å². The van der Waals surface area contributed by atoms with Gasteiger partial charge in [-0.15, -0.1) is 0 Å². The third-order valence-corrected chi connectivity index (χ3v) is 4.15. The standard InChI is InChI=1S/C17H24O3/c1-2-17(19,20)15-8-6-7-14(13-15)9-12-16(18)10-4-3-5-11-16/h6-9,12-13,18-20H,2-5,10-11H2,1H3/b12-9+. The molecule has 0 radical (unpaired) electrons. The molecule has 0 aromatic heterocycles. The highest BCUT2D eigenvalue weighted by molar-refractivity contribution is 5.52. The second kappa shape index (κ2) is 6.08. The minimum atomic E-state index is -1.79. The van der Waals surface area contributed by atoms with E-state index in [1.54, 1.807) is 25.1 Å². The molecule has 0 unspecified atom stereocenters. The molecule has 1 fully saturated rings. The highest BCUT2D eigenvalue weighted by Crippen LogP contribution is 2.30. The maximum absolute atomic E-state index is 10.4. The van der Waals surface area contributed by atoms with Crippen LogP contribution in [0.15, 0.2) is 30.3 Å². The first kappa shape index (κ1) is 15.2. The Morgan fingerprint density at radius 2 is 1.90 bits per heavy atom. The first-order chi connectivity index (χ1) is 9.45. The van der Waals surface area contributed by atoms with Crippen LogP contribution in [0, 0.1) is 0 Å². The van der Waals surface area contributed by atoms with Crippen molar-refractivity contribution in [3.63, 3.8) is 0 Å². The van der Waals surface area contributed by atoms with Gasteiger partial charge in [0.25, 0.3) is 0 Å². The lowest BCUT2D eigenvalue weighted by Crippen LogP contribution is -2.28. The van der Waals surface area contributed by atoms with Gasteiger partial charge in [-0.1, -0.05) is 56.5 Å². The Bertz CT molecular complexity index is 471. The second-order valence-electron chi connectivity index (χ2n) is 5.79. The lowest BCUT2D eigenvalue weighted by atomic mass is 9.84. The Kier molecular flexibility index (Phi) is 4.63. The van der Waals surface area contributed by atoms with Crippen molar-refractivity contribution in [2.24, 2.45) is 0 Å². The van der Waals surface area contributed by atoms with Crippen LogP contribution in [-0.4, -0.2) is 20.9 Å². The van der Waals surface area contributed by atoms with E-state index in [0.29, 0.717) is 5.56 Å². The second-order valence-corrected chi connectivity index (χ2v) is 5.79. The molecule has 0 aliphatic heterocycles. The first-order valence-corrected chi connectivity index (χ1v) is 7.42. The van der Waals surface area contributed by atoms with Gasteiger partial charge in [0.05, 0.1) is 5.60 Å². The van der Waals surface area contributed by atoms with Crippen molar-refractivity contribution in [2.45, 2.75) is 56.8 Å². The summed E-state index contributed by atoms with van der Waals surface area (Å²) in [7, 11) is 0. The maximum atomic E-state index is 10.4. The number of benzene rings is 1. The number of aliphatic hydroxyl groups is 3. The number of rotatable bonds is 4. The smallest absolute Gasteiger partial charge is 0.189 e. The third-order valence-electron chi connectivity index (χ3n) is 4.15. The summed E-state index contributed by atoms with van der Waals surface area (Å²) >= 11 is 0. The molecule has 1 saturated carbocycles. The number of hydrogen-bond donors (Lipinski definition) is 3. The van der Waals surface area contributed by atoms with E-state index >= 15 is 0 Å². The van der Waals surface area contributed by atoms with Gasteiger partial charge in [-0.3, -0.25) is 0 Å². The molecule has 3 nitrogen and oxygen atoms in total. The molecule has 0 heterocycles. The molecule has 1 aromatic rings. The maximum Gasteiger partial charge on any atom is 0.189 e. The van der Waals surface area contributed by atoms with Crippen LogP contribution in [0.1, 0.15) is 56.6 Å². The predicted octanol–water partition coefficient (Wildman–Crippen LogP) is 2.94. The average molecular weight is 276 g/mol. The van der Waals surface area contributed by atoms with E-state index in [1.165, 1.54) is 6.42 Å². The molecule has 1 aromatic carbocycles. The Morgan fingerprint density at radius 3 is 2.55 bits per heavy atom. The largest absolute Gasteiger partial charge is 0.386 e. The lowest BCUT2D eigenvalue weighted by Gasteiger charge is -2.28. The van der Waals surface area contributed by atoms with Crippen molar-refractivity contribution in [3.05, 3.63) is 41.5 Å². The summed E-state index contributed by atoms with van der Waals surface area (Å²) in [6.07, 6.45) is 8.91. The summed E-state index contributed by atoms with van der Waals surface area (Å²) in [5, 5.41) is 30.2. The van der Waals surface area contributed by atoms with E-state index in [9.17, 15) is 15.3 Å². The molecule has 0 amide bonds. The van der Waals surface area contributed by atoms with E-state index in [-0.39, 0.29) is 6.42 Å². The van der Waals surface area contributed by atoms with Crippen molar-refractivity contribution >= 4 is 6.08 Å².